The third kappa shape index (κ3) is 8.81. The van der Waals surface area contributed by atoms with Crippen molar-refractivity contribution < 1.29 is 0 Å². The number of nitrogens with one attached hydrogen (secondary N) is 1. The van der Waals surface area contributed by atoms with Crippen molar-refractivity contribution in [3.63, 3.8) is 0 Å². The number of hydrogen-bond donors (Lipinski definition) is 2. The maximum atomic E-state index is 6.36. The van der Waals surface area contributed by atoms with Gasteiger partial charge >= 0.3 is 0 Å². The molecule has 1 unspecified atom stereocenters. The molecule has 0 fully saturated rings. The normalized spacial score (nSPS) is 12.9. The lowest BCUT2D eigenvalue weighted by atomic mass is 10.0. The standard InChI is InChI=1S/C23H37N5/c1-3-14-28(15-4-2)16-6-5-7-22(24)17-20-8-10-21(11-9-20)18-25-19-23-26-12-13-27-23/h8-13,19,22H,3-7,14-18,24H2,1-2H3,(H,26,27). The lowest BCUT2D eigenvalue weighted by molar-refractivity contribution is 0.267. The van der Waals surface area contributed by atoms with Crippen LogP contribution in [0.3, 0.4) is 0 Å². The largest absolute Gasteiger partial charge is 0.344 e. The van der Waals surface area contributed by atoms with Crippen LogP contribution in [-0.2, 0) is 13.0 Å². The van der Waals surface area contributed by atoms with Crippen LogP contribution in [-0.4, -0.2) is 46.8 Å². The van der Waals surface area contributed by atoms with Crippen LogP contribution in [0.1, 0.15) is 62.9 Å². The second kappa shape index (κ2) is 13.2. The summed E-state index contributed by atoms with van der Waals surface area (Å²) in [6.45, 7) is 8.83. The number of aliphatic imine (C=N–C) groups is 1. The first-order valence-electron chi connectivity index (χ1n) is 10.8. The molecule has 5 heteroatoms. The fourth-order valence-corrected chi connectivity index (χ4v) is 3.48. The number of nitrogens with zero attached hydrogens (tertiary/aromatic N) is 3. The molecule has 0 saturated carbocycles. The summed E-state index contributed by atoms with van der Waals surface area (Å²) in [5.74, 6) is 0.787. The highest BCUT2D eigenvalue weighted by atomic mass is 15.1. The van der Waals surface area contributed by atoms with Crippen molar-refractivity contribution in [2.75, 3.05) is 19.6 Å². The fraction of sp³-hybridized carbons (Fsp3) is 0.565. The molecule has 0 aliphatic heterocycles. The van der Waals surface area contributed by atoms with E-state index >= 15 is 0 Å². The predicted octanol–water partition coefficient (Wildman–Crippen LogP) is 4.19. The summed E-state index contributed by atoms with van der Waals surface area (Å²) in [7, 11) is 0. The summed E-state index contributed by atoms with van der Waals surface area (Å²) in [6, 6.07) is 8.90. The zero-order valence-corrected chi connectivity index (χ0v) is 17.6. The van der Waals surface area contributed by atoms with Crippen molar-refractivity contribution >= 4 is 6.21 Å². The zero-order valence-electron chi connectivity index (χ0n) is 17.6. The van der Waals surface area contributed by atoms with Gasteiger partial charge in [-0.2, -0.15) is 0 Å². The molecule has 28 heavy (non-hydrogen) atoms. The molecule has 0 saturated heterocycles. The molecular formula is C23H37N5. The van der Waals surface area contributed by atoms with Gasteiger partial charge in [0.25, 0.3) is 0 Å². The summed E-state index contributed by atoms with van der Waals surface area (Å²) in [6.07, 6.45) is 12.3. The van der Waals surface area contributed by atoms with Crippen molar-refractivity contribution in [1.29, 1.82) is 0 Å². The van der Waals surface area contributed by atoms with E-state index in [9.17, 15) is 0 Å². The fourth-order valence-electron chi connectivity index (χ4n) is 3.48. The monoisotopic (exact) mass is 383 g/mol. The first-order valence-corrected chi connectivity index (χ1v) is 10.8. The average molecular weight is 384 g/mol. The average Bonchev–Trinajstić information content (AvgIpc) is 3.20. The lowest BCUT2D eigenvalue weighted by Crippen LogP contribution is -2.27. The second-order valence-electron chi connectivity index (χ2n) is 7.56. The lowest BCUT2D eigenvalue weighted by Gasteiger charge is -2.21. The molecule has 3 N–H and O–H groups in total. The molecule has 2 rings (SSSR count). The van der Waals surface area contributed by atoms with Crippen LogP contribution in [0.2, 0.25) is 0 Å². The highest BCUT2D eigenvalue weighted by Crippen LogP contribution is 2.11. The van der Waals surface area contributed by atoms with Gasteiger partial charge in [0, 0.05) is 18.4 Å². The summed E-state index contributed by atoms with van der Waals surface area (Å²) >= 11 is 0. The van der Waals surface area contributed by atoms with E-state index in [1.54, 1.807) is 18.6 Å². The number of rotatable bonds is 14. The minimum absolute atomic E-state index is 0.244. The Balaban J connectivity index is 1.65. The number of nitrogens with two attached hydrogens (primary N) is 1. The number of hydrogen-bond acceptors (Lipinski definition) is 4. The van der Waals surface area contributed by atoms with E-state index in [0.717, 1.165) is 18.7 Å². The third-order valence-electron chi connectivity index (χ3n) is 4.91. The maximum absolute atomic E-state index is 6.36. The molecule has 2 aromatic rings. The van der Waals surface area contributed by atoms with Crippen LogP contribution in [0, 0.1) is 0 Å². The van der Waals surface area contributed by atoms with Crippen molar-refractivity contribution in [3.8, 4) is 0 Å². The minimum atomic E-state index is 0.244. The highest BCUT2D eigenvalue weighted by Gasteiger charge is 2.06. The van der Waals surface area contributed by atoms with Gasteiger partial charge in [0.2, 0.25) is 0 Å². The van der Waals surface area contributed by atoms with Gasteiger partial charge in [-0.15, -0.1) is 0 Å². The molecular weight excluding hydrogens is 346 g/mol. The van der Waals surface area contributed by atoms with Crippen molar-refractivity contribution in [2.24, 2.45) is 10.7 Å². The van der Waals surface area contributed by atoms with Crippen molar-refractivity contribution in [1.82, 2.24) is 14.9 Å². The Hall–Kier alpha value is -1.98. The van der Waals surface area contributed by atoms with Crippen molar-refractivity contribution in [2.45, 2.75) is 65.0 Å². The van der Waals surface area contributed by atoms with Gasteiger partial charge in [0.05, 0.1) is 12.8 Å². The van der Waals surface area contributed by atoms with Crippen LogP contribution < -0.4 is 5.73 Å². The number of H-pyrrole nitrogens is 1. The van der Waals surface area contributed by atoms with E-state index in [4.69, 9.17) is 5.73 Å². The molecule has 0 radical (unpaired) electrons. The Morgan fingerprint density at radius 2 is 1.79 bits per heavy atom. The quantitative estimate of drug-likeness (QED) is 0.379. The molecule has 1 atom stereocenters. The maximum Gasteiger partial charge on any atom is 0.148 e. The van der Waals surface area contributed by atoms with Crippen LogP contribution in [0.5, 0.6) is 0 Å². The van der Waals surface area contributed by atoms with Crippen LogP contribution in [0.25, 0.3) is 0 Å². The van der Waals surface area contributed by atoms with Gasteiger partial charge in [0.1, 0.15) is 5.82 Å². The molecule has 0 bridgehead atoms. The molecule has 5 nitrogen and oxygen atoms in total. The van der Waals surface area contributed by atoms with E-state index in [1.807, 2.05) is 0 Å². The van der Waals surface area contributed by atoms with E-state index in [-0.39, 0.29) is 6.04 Å². The van der Waals surface area contributed by atoms with Gasteiger partial charge in [-0.3, -0.25) is 4.99 Å². The topological polar surface area (TPSA) is 70.3 Å². The number of aromatic nitrogens is 2. The Morgan fingerprint density at radius 3 is 2.43 bits per heavy atom. The number of unbranched alkanes of at least 4 members (excludes halogenated alkanes) is 1. The van der Waals surface area contributed by atoms with E-state index in [0.29, 0.717) is 6.54 Å². The van der Waals surface area contributed by atoms with Crippen molar-refractivity contribution in [3.05, 3.63) is 53.6 Å². The predicted molar refractivity (Wildman–Crippen MR) is 119 cm³/mol. The van der Waals surface area contributed by atoms with E-state index in [2.05, 4.69) is 58.0 Å². The molecule has 0 amide bonds. The Bertz CT molecular complexity index is 642. The summed E-state index contributed by atoms with van der Waals surface area (Å²) in [5, 5.41) is 0. The smallest absolute Gasteiger partial charge is 0.148 e. The summed E-state index contributed by atoms with van der Waals surface area (Å²) in [5.41, 5.74) is 8.88. The van der Waals surface area contributed by atoms with Gasteiger partial charge in [-0.05, 0) is 62.9 Å². The highest BCUT2D eigenvalue weighted by molar-refractivity contribution is 5.74. The molecule has 1 aromatic heterocycles. The van der Waals surface area contributed by atoms with E-state index in [1.165, 1.54) is 56.4 Å². The first-order chi connectivity index (χ1) is 13.7. The Kier molecular flexibility index (Phi) is 10.5. The summed E-state index contributed by atoms with van der Waals surface area (Å²) in [4.78, 5) is 14.1. The molecule has 1 heterocycles. The summed E-state index contributed by atoms with van der Waals surface area (Å²) < 4.78 is 0. The van der Waals surface area contributed by atoms with Crippen LogP contribution >= 0.6 is 0 Å². The first kappa shape index (κ1) is 22.3. The number of imidazole rings is 1. The third-order valence-corrected chi connectivity index (χ3v) is 4.91. The van der Waals surface area contributed by atoms with Gasteiger partial charge in [-0.25, -0.2) is 4.98 Å². The van der Waals surface area contributed by atoms with E-state index < -0.39 is 0 Å². The minimum Gasteiger partial charge on any atom is -0.344 e. The molecule has 0 aliphatic carbocycles. The number of aromatic amines is 1. The Morgan fingerprint density at radius 1 is 1.07 bits per heavy atom. The zero-order chi connectivity index (χ0) is 20.0. The molecule has 0 spiro atoms. The second-order valence-corrected chi connectivity index (χ2v) is 7.56. The molecule has 0 aliphatic rings. The van der Waals surface area contributed by atoms with Gasteiger partial charge < -0.3 is 15.6 Å². The van der Waals surface area contributed by atoms with Crippen LogP contribution in [0.4, 0.5) is 0 Å². The van der Waals surface area contributed by atoms with Gasteiger partial charge in [0.15, 0.2) is 0 Å². The molecule has 154 valence electrons. The number of benzene rings is 1. The Labute approximate surface area is 170 Å². The molecule has 1 aromatic carbocycles. The van der Waals surface area contributed by atoms with Gasteiger partial charge in [-0.1, -0.05) is 44.5 Å². The van der Waals surface area contributed by atoms with Crippen LogP contribution in [0.15, 0.2) is 41.7 Å². The SMILES string of the molecule is CCCN(CCC)CCCCC(N)Cc1ccc(CN=Cc2ncc[nH]2)cc1.